The third-order valence-corrected chi connectivity index (χ3v) is 5.22. The second-order valence-electron chi connectivity index (χ2n) is 6.29. The second kappa shape index (κ2) is 7.05. The van der Waals surface area contributed by atoms with Gasteiger partial charge in [-0.1, -0.05) is 26.7 Å². The molecule has 2 atom stereocenters. The molecule has 3 heteroatoms. The van der Waals surface area contributed by atoms with Crippen LogP contribution in [0, 0.1) is 17.3 Å². The highest BCUT2D eigenvalue weighted by Crippen LogP contribution is 2.52. The molecule has 1 aliphatic carbocycles. The summed E-state index contributed by atoms with van der Waals surface area (Å²) in [5, 5.41) is 3.63. The Bertz CT molecular complexity index is 263. The molecule has 0 bridgehead atoms. The van der Waals surface area contributed by atoms with E-state index < -0.39 is 0 Å². The van der Waals surface area contributed by atoms with Crippen LogP contribution in [0.5, 0.6) is 0 Å². The van der Waals surface area contributed by atoms with Gasteiger partial charge in [-0.3, -0.25) is 0 Å². The fourth-order valence-corrected chi connectivity index (χ4v) is 4.06. The minimum atomic E-state index is 0.373. The molecule has 112 valence electrons. The molecule has 1 aliphatic heterocycles. The first-order valence-corrected chi connectivity index (χ1v) is 8.09. The monoisotopic (exact) mass is 269 g/mol. The molecule has 2 unspecified atom stereocenters. The third-order valence-electron chi connectivity index (χ3n) is 5.22. The van der Waals surface area contributed by atoms with Crippen molar-refractivity contribution in [2.75, 3.05) is 33.4 Å². The number of rotatable bonds is 9. The summed E-state index contributed by atoms with van der Waals surface area (Å²) in [6.07, 6.45) is 7.05. The van der Waals surface area contributed by atoms with Crippen LogP contribution >= 0.6 is 0 Å². The third kappa shape index (κ3) is 3.32. The Kier molecular flexibility index (Phi) is 5.67. The van der Waals surface area contributed by atoms with Crippen molar-refractivity contribution in [1.29, 1.82) is 0 Å². The molecule has 1 saturated heterocycles. The van der Waals surface area contributed by atoms with E-state index in [0.717, 1.165) is 38.1 Å². The summed E-state index contributed by atoms with van der Waals surface area (Å²) >= 11 is 0. The molecule has 0 radical (unpaired) electrons. The maximum Gasteiger partial charge on any atom is 0.0675 e. The Labute approximate surface area is 118 Å². The molecule has 2 rings (SSSR count). The lowest BCUT2D eigenvalue weighted by molar-refractivity contribution is -0.00397. The zero-order chi connectivity index (χ0) is 13.7. The van der Waals surface area contributed by atoms with Gasteiger partial charge >= 0.3 is 0 Å². The Balaban J connectivity index is 2.02. The van der Waals surface area contributed by atoms with Crippen molar-refractivity contribution >= 4 is 0 Å². The Morgan fingerprint density at radius 1 is 1.32 bits per heavy atom. The van der Waals surface area contributed by atoms with Gasteiger partial charge in [-0.2, -0.15) is 0 Å². The summed E-state index contributed by atoms with van der Waals surface area (Å²) in [5.74, 6) is 1.63. The lowest BCUT2D eigenvalue weighted by atomic mass is 9.66. The quantitative estimate of drug-likeness (QED) is 0.653. The first-order chi connectivity index (χ1) is 9.28. The molecule has 0 spiro atoms. The summed E-state index contributed by atoms with van der Waals surface area (Å²) in [6, 6.07) is 0. The van der Waals surface area contributed by atoms with Gasteiger partial charge in [0, 0.05) is 32.2 Å². The van der Waals surface area contributed by atoms with Crippen molar-refractivity contribution in [2.24, 2.45) is 17.3 Å². The van der Waals surface area contributed by atoms with E-state index in [4.69, 9.17) is 9.47 Å². The number of hydrogen-bond acceptors (Lipinski definition) is 3. The van der Waals surface area contributed by atoms with E-state index in [-0.39, 0.29) is 0 Å². The topological polar surface area (TPSA) is 30.5 Å². The minimum Gasteiger partial charge on any atom is -0.383 e. The highest BCUT2D eigenvalue weighted by Gasteiger charge is 2.53. The maximum absolute atomic E-state index is 6.16. The Morgan fingerprint density at radius 2 is 2.05 bits per heavy atom. The molecular formula is C16H31NO2. The standard InChI is InChI=1S/C16H31NO2/c1-4-14(5-2)16(12-17-9-11-18-3)8-10-19-15(16)13-6-7-13/h13-15,17H,4-12H2,1-3H3. The first-order valence-electron chi connectivity index (χ1n) is 8.09. The summed E-state index contributed by atoms with van der Waals surface area (Å²) in [7, 11) is 1.77. The van der Waals surface area contributed by atoms with Gasteiger partial charge in [0.15, 0.2) is 0 Å². The fraction of sp³-hybridized carbons (Fsp3) is 1.00. The predicted molar refractivity (Wildman–Crippen MR) is 78.3 cm³/mol. The molecule has 2 aliphatic rings. The zero-order valence-corrected chi connectivity index (χ0v) is 12.9. The van der Waals surface area contributed by atoms with E-state index in [1.807, 2.05) is 0 Å². The van der Waals surface area contributed by atoms with Gasteiger partial charge in [-0.25, -0.2) is 0 Å². The van der Waals surface area contributed by atoms with Gasteiger partial charge in [-0.15, -0.1) is 0 Å². The van der Waals surface area contributed by atoms with E-state index >= 15 is 0 Å². The molecule has 1 saturated carbocycles. The van der Waals surface area contributed by atoms with Crippen molar-refractivity contribution in [3.63, 3.8) is 0 Å². The van der Waals surface area contributed by atoms with Gasteiger partial charge in [-0.05, 0) is 31.1 Å². The van der Waals surface area contributed by atoms with Gasteiger partial charge in [0.2, 0.25) is 0 Å². The minimum absolute atomic E-state index is 0.373. The predicted octanol–water partition coefficient (Wildman–Crippen LogP) is 2.84. The first kappa shape index (κ1) is 15.3. The molecular weight excluding hydrogens is 238 g/mol. The molecule has 0 aromatic heterocycles. The van der Waals surface area contributed by atoms with Crippen LogP contribution in [0.4, 0.5) is 0 Å². The van der Waals surface area contributed by atoms with Gasteiger partial charge in [0.05, 0.1) is 12.7 Å². The largest absolute Gasteiger partial charge is 0.383 e. The lowest BCUT2D eigenvalue weighted by Crippen LogP contribution is -2.47. The van der Waals surface area contributed by atoms with Crippen molar-refractivity contribution in [1.82, 2.24) is 5.32 Å². The number of ether oxygens (including phenoxy) is 2. The van der Waals surface area contributed by atoms with E-state index in [9.17, 15) is 0 Å². The average Bonchev–Trinajstić information content (AvgIpc) is 3.18. The molecule has 3 nitrogen and oxygen atoms in total. The molecule has 1 N–H and O–H groups in total. The SMILES string of the molecule is CCC(CC)C1(CNCCOC)CCOC1C1CC1. The fourth-order valence-electron chi connectivity index (χ4n) is 4.06. The molecule has 0 amide bonds. The molecule has 19 heavy (non-hydrogen) atoms. The van der Waals surface area contributed by atoms with Gasteiger partial charge < -0.3 is 14.8 Å². The molecule has 1 heterocycles. The van der Waals surface area contributed by atoms with Crippen molar-refractivity contribution in [3.8, 4) is 0 Å². The number of methoxy groups -OCH3 is 1. The maximum atomic E-state index is 6.16. The Hall–Kier alpha value is -0.120. The number of nitrogens with one attached hydrogen (secondary N) is 1. The van der Waals surface area contributed by atoms with Crippen molar-refractivity contribution < 1.29 is 9.47 Å². The second-order valence-corrected chi connectivity index (χ2v) is 6.29. The Morgan fingerprint density at radius 3 is 2.63 bits per heavy atom. The van der Waals surface area contributed by atoms with E-state index in [1.165, 1.54) is 32.1 Å². The van der Waals surface area contributed by atoms with Crippen LogP contribution in [0.25, 0.3) is 0 Å². The van der Waals surface area contributed by atoms with Gasteiger partial charge in [0.1, 0.15) is 0 Å². The lowest BCUT2D eigenvalue weighted by Gasteiger charge is -2.41. The van der Waals surface area contributed by atoms with E-state index in [2.05, 4.69) is 19.2 Å². The van der Waals surface area contributed by atoms with Crippen LogP contribution in [-0.4, -0.2) is 39.5 Å². The van der Waals surface area contributed by atoms with Crippen molar-refractivity contribution in [3.05, 3.63) is 0 Å². The zero-order valence-electron chi connectivity index (χ0n) is 12.9. The number of hydrogen-bond donors (Lipinski definition) is 1. The van der Waals surface area contributed by atoms with Gasteiger partial charge in [0.25, 0.3) is 0 Å². The highest BCUT2D eigenvalue weighted by molar-refractivity contribution is 5.03. The normalized spacial score (nSPS) is 31.3. The smallest absolute Gasteiger partial charge is 0.0675 e. The summed E-state index contributed by atoms with van der Waals surface area (Å²) < 4.78 is 11.3. The van der Waals surface area contributed by atoms with E-state index in [0.29, 0.717) is 11.5 Å². The summed E-state index contributed by atoms with van der Waals surface area (Å²) in [4.78, 5) is 0. The molecule has 2 fully saturated rings. The molecule has 0 aromatic carbocycles. The van der Waals surface area contributed by atoms with Crippen LogP contribution in [0.3, 0.4) is 0 Å². The van der Waals surface area contributed by atoms with Crippen LogP contribution < -0.4 is 5.32 Å². The summed E-state index contributed by atoms with van der Waals surface area (Å²) in [5.41, 5.74) is 0.373. The average molecular weight is 269 g/mol. The van der Waals surface area contributed by atoms with Crippen molar-refractivity contribution in [2.45, 2.75) is 52.1 Å². The van der Waals surface area contributed by atoms with E-state index in [1.54, 1.807) is 7.11 Å². The van der Waals surface area contributed by atoms with Crippen LogP contribution in [0.1, 0.15) is 46.0 Å². The summed E-state index contributed by atoms with van der Waals surface area (Å²) in [6.45, 7) is 8.50. The van der Waals surface area contributed by atoms with Crippen LogP contribution in [0.15, 0.2) is 0 Å². The van der Waals surface area contributed by atoms with Crippen LogP contribution in [-0.2, 0) is 9.47 Å². The van der Waals surface area contributed by atoms with Crippen LogP contribution in [0.2, 0.25) is 0 Å². The molecule has 0 aromatic rings. The highest BCUT2D eigenvalue weighted by atomic mass is 16.5.